The molecule has 0 N–H and O–H groups in total. The van der Waals surface area contributed by atoms with Crippen LogP contribution in [0.2, 0.25) is 0 Å². The Morgan fingerprint density at radius 3 is 0.308 bits per heavy atom. The van der Waals surface area contributed by atoms with Crippen molar-refractivity contribution >= 4 is 0 Å². The second-order valence-corrected chi connectivity index (χ2v) is 0. The van der Waals surface area contributed by atoms with E-state index in [0.717, 1.165) is 0 Å². The molecule has 0 aromatic rings. The Hall–Kier alpha value is 6.50. The Bertz CT molecular complexity index is 25.8. The quantitative estimate of drug-likeness (QED) is 0.328. The first-order valence-corrected chi connectivity index (χ1v) is 0. The van der Waals surface area contributed by atoms with Gasteiger partial charge in [-0.15, -0.1) is 0 Å². The molecule has 0 aromatic heterocycles. The Labute approximate surface area is 221 Å². The monoisotopic (exact) mass is 775 g/mol. The zero-order valence-corrected chi connectivity index (χ0v) is 23.1. The van der Waals surface area contributed by atoms with E-state index in [1.165, 1.54) is 0 Å². The van der Waals surface area contributed by atoms with E-state index in [9.17, 15) is 0 Å². The first kappa shape index (κ1) is 158. The molecule has 0 spiro atoms. The summed E-state index contributed by atoms with van der Waals surface area (Å²) in [6, 6.07) is 0. The number of hydrogen-bond donors (Lipinski definition) is 0. The minimum Gasteiger partial charge on any atom is -3.00 e. The second-order valence-electron chi connectivity index (χ2n) is 0. The van der Waals surface area contributed by atoms with E-state index >= 15 is 0 Å². The first-order valence-electron chi connectivity index (χ1n) is 0. The molecule has 0 atom stereocenters. The van der Waals surface area contributed by atoms with Crippen molar-refractivity contribution in [3.05, 3.63) is 24.6 Å². The van der Waals surface area contributed by atoms with Crippen LogP contribution in [0, 0.1) is 0 Å². The van der Waals surface area contributed by atoms with Crippen molar-refractivity contribution in [1.82, 2.24) is 0 Å². The van der Waals surface area contributed by atoms with Crippen LogP contribution in [0.15, 0.2) is 0 Å². The molecular weight excluding hydrogens is 777 g/mol. The van der Waals surface area contributed by atoms with Crippen LogP contribution in [0.3, 0.4) is 0 Å². The van der Waals surface area contributed by atoms with Crippen LogP contribution in [0.5, 0.6) is 0 Å². The topological polar surface area (TPSA) is 122 Å². The summed E-state index contributed by atoms with van der Waals surface area (Å²) < 4.78 is 0. The Morgan fingerprint density at radius 1 is 0.308 bits per heavy atom. The summed E-state index contributed by atoms with van der Waals surface area (Å²) in [4.78, 5) is 0. The third-order valence-electron chi connectivity index (χ3n) is 0. The molecule has 0 heterocycles. The molecule has 0 aliphatic rings. The first-order chi connectivity index (χ1) is 0. The van der Waals surface area contributed by atoms with Gasteiger partial charge in [-0.3, -0.25) is 0 Å². The fourth-order valence-corrected chi connectivity index (χ4v) is 0. The van der Waals surface area contributed by atoms with Crippen LogP contribution in [-0.2, 0) is 202 Å². The largest absolute Gasteiger partial charge is 4.00 e. The van der Waals surface area contributed by atoms with Gasteiger partial charge in [0.2, 0.25) is 0 Å². The van der Waals surface area contributed by atoms with Gasteiger partial charge < -0.3 is 24.6 Å². The summed E-state index contributed by atoms with van der Waals surface area (Å²) in [5, 5.41) is 0. The van der Waals surface area contributed by atoms with E-state index < -0.39 is 0 Å². The fourth-order valence-electron chi connectivity index (χ4n) is 0. The summed E-state index contributed by atoms with van der Waals surface area (Å²) in [6.07, 6.45) is 0. The van der Waals surface area contributed by atoms with E-state index in [2.05, 4.69) is 0 Å². The van der Waals surface area contributed by atoms with Crippen molar-refractivity contribution in [2.75, 3.05) is 0 Å². The minimum atomic E-state index is 0. The Balaban J connectivity index is 0. The molecule has 0 saturated heterocycles. The minimum absolute atomic E-state index is 0. The molecule has 0 saturated carbocycles. The van der Waals surface area contributed by atoms with Crippen molar-refractivity contribution in [3.8, 4) is 0 Å². The molecule has 0 fully saturated rings. The average Bonchev–Trinajstić information content (AvgIpc) is 0. The SMILES string of the molecule is [N-3].[N-3].[N-3].[N-3].[Ru].[Ru].[Ru].[Ti+4].[Ti+4].[Ti+4].[Zr].[Zr].[Zr]. The van der Waals surface area contributed by atoms with Crippen molar-refractivity contribution in [2.45, 2.75) is 0 Å². The molecule has 4 nitrogen and oxygen atoms in total. The normalized spacial score (nSPS) is 0. The number of hydrogen-bond acceptors (Lipinski definition) is 0. The van der Waals surface area contributed by atoms with E-state index in [-0.39, 0.29) is 227 Å². The summed E-state index contributed by atoms with van der Waals surface area (Å²) in [6.45, 7) is 0. The van der Waals surface area contributed by atoms with Crippen LogP contribution < -0.4 is 0 Å². The Morgan fingerprint density at radius 2 is 0.308 bits per heavy atom. The van der Waals surface area contributed by atoms with Gasteiger partial charge in [0.25, 0.3) is 0 Å². The van der Waals surface area contributed by atoms with Gasteiger partial charge in [0.15, 0.2) is 0 Å². The second kappa shape index (κ2) is 134. The zero-order valence-electron chi connectivity index (χ0n) is 5.85. The molecule has 0 rings (SSSR count). The predicted octanol–water partition coefficient (Wildman–Crippen LogP) is 1.13. The molecule has 0 aliphatic carbocycles. The van der Waals surface area contributed by atoms with Gasteiger partial charge in [0.1, 0.15) is 0 Å². The molecule has 68 valence electrons. The van der Waals surface area contributed by atoms with Crippen molar-refractivity contribution in [1.29, 1.82) is 0 Å². The van der Waals surface area contributed by atoms with Crippen LogP contribution in [0.4, 0.5) is 0 Å². The summed E-state index contributed by atoms with van der Waals surface area (Å²) >= 11 is 0. The number of nitrogens with zero attached hydrogens (tertiary/aromatic N) is 4. The molecule has 0 unspecified atom stereocenters. The van der Waals surface area contributed by atoms with E-state index in [1.54, 1.807) is 0 Å². The molecule has 0 amide bonds. The van der Waals surface area contributed by atoms with Gasteiger partial charge in [-0.25, -0.2) is 0 Å². The maximum atomic E-state index is 0. The van der Waals surface area contributed by atoms with E-state index in [1.807, 2.05) is 0 Å². The van der Waals surface area contributed by atoms with Gasteiger partial charge in [-0.05, 0) is 0 Å². The molecular formula is N4Ru3Ti3Zr3. The van der Waals surface area contributed by atoms with Crippen LogP contribution in [-0.4, -0.2) is 0 Å². The van der Waals surface area contributed by atoms with Crippen molar-refractivity contribution in [2.24, 2.45) is 0 Å². The van der Waals surface area contributed by atoms with Crippen LogP contribution in [0.25, 0.3) is 24.6 Å². The number of rotatable bonds is 0. The maximum Gasteiger partial charge on any atom is 4.00 e. The summed E-state index contributed by atoms with van der Waals surface area (Å²) in [5.41, 5.74) is 0. The average molecular weight is 777 g/mol. The fraction of sp³-hybridized carbons (Fsp3) is 0. The third-order valence-corrected chi connectivity index (χ3v) is 0. The van der Waals surface area contributed by atoms with Gasteiger partial charge >= 0.3 is 65.2 Å². The van der Waals surface area contributed by atoms with Crippen LogP contribution in [0.1, 0.15) is 0 Å². The van der Waals surface area contributed by atoms with Gasteiger partial charge in [-0.2, -0.15) is 0 Å². The molecule has 0 bridgehead atoms. The van der Waals surface area contributed by atoms with E-state index in [4.69, 9.17) is 0 Å². The molecule has 13 heteroatoms. The molecule has 0 aliphatic heterocycles. The van der Waals surface area contributed by atoms with Crippen molar-refractivity contribution in [3.63, 3.8) is 0 Å². The van der Waals surface area contributed by atoms with Crippen LogP contribution >= 0.6 is 0 Å². The molecule has 13 heavy (non-hydrogen) atoms. The predicted molar refractivity (Wildman–Crippen MR) is 13.4 cm³/mol. The van der Waals surface area contributed by atoms with Gasteiger partial charge in [-0.1, -0.05) is 0 Å². The third kappa shape index (κ3) is 119. The Kier molecular flexibility index (Phi) is 1630. The smallest absolute Gasteiger partial charge is 3.00 e. The maximum absolute atomic E-state index is 0. The summed E-state index contributed by atoms with van der Waals surface area (Å²) in [7, 11) is 0. The molecule has 0 aromatic carbocycles. The van der Waals surface area contributed by atoms with Gasteiger partial charge in [0.05, 0.1) is 0 Å². The zero-order chi connectivity index (χ0) is 0. The summed E-state index contributed by atoms with van der Waals surface area (Å²) in [5.74, 6) is 0. The van der Waals surface area contributed by atoms with Crippen molar-refractivity contribution < 1.29 is 202 Å². The van der Waals surface area contributed by atoms with Gasteiger partial charge in [0, 0.05) is 137 Å². The molecule has 0 radical (unpaired) electrons. The standard InChI is InChI=1S/4N.3Ru.3Ti.3Zr/q4*-3;;;;3*+4;;;. The van der Waals surface area contributed by atoms with E-state index in [0.29, 0.717) is 0 Å².